The summed E-state index contributed by atoms with van der Waals surface area (Å²) in [6.07, 6.45) is 6.50. The van der Waals surface area contributed by atoms with Crippen LogP contribution in [0.2, 0.25) is 0 Å². The molecule has 2 N–H and O–H groups in total. The second kappa shape index (κ2) is 10.8. The zero-order chi connectivity index (χ0) is 28.4. The normalized spacial score (nSPS) is 12.6. The van der Waals surface area contributed by atoms with E-state index in [1.54, 1.807) is 67.5 Å². The van der Waals surface area contributed by atoms with E-state index in [-0.39, 0.29) is 24.4 Å². The number of nitrogens with zero attached hydrogens (tertiary/aromatic N) is 6. The first kappa shape index (κ1) is 26.2. The van der Waals surface area contributed by atoms with Gasteiger partial charge >= 0.3 is 6.03 Å². The summed E-state index contributed by atoms with van der Waals surface area (Å²) in [5.74, 6) is 1.50. The van der Waals surface area contributed by atoms with Crippen LogP contribution in [-0.2, 0) is 18.4 Å². The number of amides is 3. The van der Waals surface area contributed by atoms with Crippen molar-refractivity contribution in [2.45, 2.75) is 6.54 Å². The Bertz CT molecular complexity index is 1590. The molecule has 0 saturated carbocycles. The van der Waals surface area contributed by atoms with E-state index >= 15 is 0 Å². The Hall–Kier alpha value is -5.39. The number of benzene rings is 2. The van der Waals surface area contributed by atoms with E-state index in [1.165, 1.54) is 11.0 Å². The molecule has 3 amide bonds. The fraction of sp³-hybridized carbons (Fsp3) is 0.179. The summed E-state index contributed by atoms with van der Waals surface area (Å²) in [4.78, 5) is 37.7. The van der Waals surface area contributed by atoms with Crippen molar-refractivity contribution in [3.05, 3.63) is 73.2 Å². The molecule has 0 saturated heterocycles. The van der Waals surface area contributed by atoms with Gasteiger partial charge in [-0.2, -0.15) is 10.1 Å². The molecule has 4 aromatic rings. The Morgan fingerprint density at radius 2 is 1.77 bits per heavy atom. The van der Waals surface area contributed by atoms with Crippen molar-refractivity contribution in [1.29, 1.82) is 0 Å². The van der Waals surface area contributed by atoms with Crippen LogP contribution >= 0.6 is 0 Å². The number of aromatic nitrogens is 4. The van der Waals surface area contributed by atoms with Gasteiger partial charge in [0, 0.05) is 55.8 Å². The standard InChI is InChI=1S/C28H28N8O4/c1-6-25(37)31-23-8-7-17(18-14-30-34(2)15-18)9-24(23)32-27-29-13-19-16-36(28(38)35(3)26(19)33-27)20-10-21(39-4)12-22(11-20)40-5/h6-15H,1,16H2,2-5H3,(H,31,37)(H,29,32,33). The van der Waals surface area contributed by atoms with Gasteiger partial charge in [0.25, 0.3) is 0 Å². The van der Waals surface area contributed by atoms with Crippen LogP contribution in [0.4, 0.5) is 33.6 Å². The van der Waals surface area contributed by atoms with Crippen LogP contribution in [0.1, 0.15) is 5.56 Å². The first-order valence-corrected chi connectivity index (χ1v) is 12.3. The smallest absolute Gasteiger partial charge is 0.330 e. The Kier molecular flexibility index (Phi) is 7.06. The molecule has 0 atom stereocenters. The SMILES string of the molecule is C=CC(=O)Nc1ccc(-c2cnn(C)c2)cc1Nc1ncc2c(n1)N(C)C(=O)N(c1cc(OC)cc(OC)c1)C2. The summed E-state index contributed by atoms with van der Waals surface area (Å²) >= 11 is 0. The monoisotopic (exact) mass is 540 g/mol. The van der Waals surface area contributed by atoms with Gasteiger partial charge in [0.05, 0.1) is 44.0 Å². The molecule has 3 heterocycles. The van der Waals surface area contributed by atoms with E-state index in [9.17, 15) is 9.59 Å². The zero-order valence-electron chi connectivity index (χ0n) is 22.5. The molecule has 0 spiro atoms. The molecule has 0 bridgehead atoms. The highest BCUT2D eigenvalue weighted by Gasteiger charge is 2.31. The van der Waals surface area contributed by atoms with Crippen LogP contribution < -0.4 is 29.9 Å². The predicted octanol–water partition coefficient (Wildman–Crippen LogP) is 4.34. The molecular formula is C28H28N8O4. The number of methoxy groups -OCH3 is 2. The number of anilines is 5. The molecule has 0 fully saturated rings. The summed E-state index contributed by atoms with van der Waals surface area (Å²) in [5, 5.41) is 10.2. The number of urea groups is 1. The van der Waals surface area contributed by atoms with Crippen molar-refractivity contribution in [1.82, 2.24) is 19.7 Å². The summed E-state index contributed by atoms with van der Waals surface area (Å²) < 4.78 is 12.4. The van der Waals surface area contributed by atoms with E-state index < -0.39 is 0 Å². The Balaban J connectivity index is 1.47. The summed E-state index contributed by atoms with van der Waals surface area (Å²) in [6, 6.07) is 10.5. The largest absolute Gasteiger partial charge is 0.497 e. The van der Waals surface area contributed by atoms with Gasteiger partial charge in [-0.3, -0.25) is 19.3 Å². The van der Waals surface area contributed by atoms with Gasteiger partial charge in [-0.1, -0.05) is 12.6 Å². The van der Waals surface area contributed by atoms with Crippen molar-refractivity contribution in [2.75, 3.05) is 41.7 Å². The van der Waals surface area contributed by atoms with Crippen LogP contribution in [0.15, 0.2) is 67.6 Å². The Morgan fingerprint density at radius 3 is 2.42 bits per heavy atom. The maximum atomic E-state index is 13.4. The van der Waals surface area contributed by atoms with Gasteiger partial charge in [-0.25, -0.2) is 9.78 Å². The molecule has 12 heteroatoms. The number of ether oxygens (including phenoxy) is 2. The quantitative estimate of drug-likeness (QED) is 0.316. The second-order valence-electron chi connectivity index (χ2n) is 9.02. The molecule has 1 aliphatic heterocycles. The first-order valence-electron chi connectivity index (χ1n) is 12.3. The minimum Gasteiger partial charge on any atom is -0.497 e. The van der Waals surface area contributed by atoms with Crippen LogP contribution in [-0.4, -0.2) is 53.0 Å². The lowest BCUT2D eigenvalue weighted by Gasteiger charge is -2.34. The van der Waals surface area contributed by atoms with Crippen LogP contribution in [0.25, 0.3) is 11.1 Å². The van der Waals surface area contributed by atoms with Gasteiger partial charge in [0.2, 0.25) is 11.9 Å². The zero-order valence-corrected chi connectivity index (χ0v) is 22.5. The van der Waals surface area contributed by atoms with Gasteiger partial charge < -0.3 is 20.1 Å². The number of carbonyl (C=O) groups excluding carboxylic acids is 2. The molecule has 2 aromatic carbocycles. The molecule has 2 aromatic heterocycles. The van der Waals surface area contributed by atoms with E-state index in [4.69, 9.17) is 9.47 Å². The van der Waals surface area contributed by atoms with Crippen LogP contribution in [0, 0.1) is 0 Å². The molecule has 5 rings (SSSR count). The molecule has 12 nitrogen and oxygen atoms in total. The maximum absolute atomic E-state index is 13.4. The number of aryl methyl sites for hydroxylation is 1. The fourth-order valence-electron chi connectivity index (χ4n) is 4.33. The minimum absolute atomic E-state index is 0.256. The average Bonchev–Trinajstić information content (AvgIpc) is 3.41. The van der Waals surface area contributed by atoms with Crippen molar-refractivity contribution in [3.63, 3.8) is 0 Å². The number of rotatable bonds is 8. The topological polar surface area (TPSA) is 127 Å². The molecule has 0 aliphatic carbocycles. The van der Waals surface area contributed by atoms with Gasteiger partial charge in [-0.15, -0.1) is 0 Å². The average molecular weight is 541 g/mol. The molecule has 0 radical (unpaired) electrons. The summed E-state index contributed by atoms with van der Waals surface area (Å²) in [7, 11) is 6.61. The third-order valence-corrected chi connectivity index (χ3v) is 6.40. The predicted molar refractivity (Wildman–Crippen MR) is 152 cm³/mol. The highest BCUT2D eigenvalue weighted by Crippen LogP contribution is 2.35. The number of fused-ring (bicyclic) bond motifs is 1. The number of nitrogens with one attached hydrogen (secondary N) is 2. The lowest BCUT2D eigenvalue weighted by atomic mass is 10.1. The molecule has 0 unspecified atom stereocenters. The highest BCUT2D eigenvalue weighted by atomic mass is 16.5. The molecular weight excluding hydrogens is 512 g/mol. The van der Waals surface area contributed by atoms with E-state index in [0.717, 1.165) is 16.7 Å². The summed E-state index contributed by atoms with van der Waals surface area (Å²) in [6.45, 7) is 3.78. The highest BCUT2D eigenvalue weighted by molar-refractivity contribution is 6.05. The van der Waals surface area contributed by atoms with Crippen LogP contribution in [0.5, 0.6) is 11.5 Å². The Labute approximate surface area is 230 Å². The van der Waals surface area contributed by atoms with Crippen molar-refractivity contribution >= 4 is 40.8 Å². The maximum Gasteiger partial charge on any atom is 0.330 e. The van der Waals surface area contributed by atoms with Gasteiger partial charge in [0.15, 0.2) is 0 Å². The lowest BCUT2D eigenvalue weighted by Crippen LogP contribution is -2.46. The third-order valence-electron chi connectivity index (χ3n) is 6.40. The molecule has 1 aliphatic rings. The van der Waals surface area contributed by atoms with Gasteiger partial charge in [-0.05, 0) is 23.8 Å². The van der Waals surface area contributed by atoms with Crippen molar-refractivity contribution in [2.24, 2.45) is 7.05 Å². The number of hydrogen-bond donors (Lipinski definition) is 2. The minimum atomic E-state index is -0.358. The van der Waals surface area contributed by atoms with E-state index in [2.05, 4.69) is 32.3 Å². The Morgan fingerprint density at radius 1 is 1.02 bits per heavy atom. The third kappa shape index (κ3) is 5.14. The van der Waals surface area contributed by atoms with E-state index in [0.29, 0.717) is 34.4 Å². The fourth-order valence-corrected chi connectivity index (χ4v) is 4.33. The lowest BCUT2D eigenvalue weighted by molar-refractivity contribution is -0.111. The van der Waals surface area contributed by atoms with E-state index in [1.807, 2.05) is 25.4 Å². The van der Waals surface area contributed by atoms with Crippen LogP contribution in [0.3, 0.4) is 0 Å². The number of carbonyl (C=O) groups is 2. The van der Waals surface area contributed by atoms with Crippen molar-refractivity contribution < 1.29 is 19.1 Å². The summed E-state index contributed by atoms with van der Waals surface area (Å²) in [5.41, 5.74) is 4.22. The van der Waals surface area contributed by atoms with Crippen molar-refractivity contribution in [3.8, 4) is 22.6 Å². The number of hydrogen-bond acceptors (Lipinski definition) is 8. The molecule has 40 heavy (non-hydrogen) atoms. The second-order valence-corrected chi connectivity index (χ2v) is 9.02. The molecule has 204 valence electrons. The van der Waals surface area contributed by atoms with Gasteiger partial charge in [0.1, 0.15) is 17.3 Å². The first-order chi connectivity index (χ1) is 19.3.